The molecule has 0 fully saturated rings. The van der Waals surface area contributed by atoms with Crippen molar-refractivity contribution in [2.45, 2.75) is 17.7 Å². The molecule has 3 rings (SSSR count). The standard InChI is InChI=1S/C18H19N3O4S/c1-26(24,25)18-11-14(8-9-17(18)21(22)23)19-10-4-5-13-12-20-16-7-3-2-6-15(13)16/h2-3,6-9,11-12,19-20H,4-5,10H2,1H3. The van der Waals surface area contributed by atoms with Crippen molar-refractivity contribution in [3.8, 4) is 0 Å². The number of fused-ring (bicyclic) bond motifs is 1. The van der Waals surface area contributed by atoms with Gasteiger partial charge in [-0.15, -0.1) is 0 Å². The molecule has 26 heavy (non-hydrogen) atoms. The number of rotatable bonds is 7. The number of benzene rings is 2. The predicted octanol–water partition coefficient (Wildman–Crippen LogP) is 3.52. The summed E-state index contributed by atoms with van der Waals surface area (Å²) in [5, 5.41) is 15.3. The molecule has 7 nitrogen and oxygen atoms in total. The molecule has 136 valence electrons. The van der Waals surface area contributed by atoms with Gasteiger partial charge in [-0.1, -0.05) is 18.2 Å². The van der Waals surface area contributed by atoms with Crippen LogP contribution in [0.4, 0.5) is 11.4 Å². The largest absolute Gasteiger partial charge is 0.385 e. The monoisotopic (exact) mass is 373 g/mol. The van der Waals surface area contributed by atoms with E-state index in [1.54, 1.807) is 0 Å². The van der Waals surface area contributed by atoms with E-state index in [4.69, 9.17) is 0 Å². The van der Waals surface area contributed by atoms with Gasteiger partial charge in [0.05, 0.1) is 4.92 Å². The van der Waals surface area contributed by atoms with Crippen molar-refractivity contribution in [3.63, 3.8) is 0 Å². The average molecular weight is 373 g/mol. The number of nitro groups is 1. The summed E-state index contributed by atoms with van der Waals surface area (Å²) in [6, 6.07) is 12.2. The maximum Gasteiger partial charge on any atom is 0.288 e. The molecule has 3 aromatic rings. The summed E-state index contributed by atoms with van der Waals surface area (Å²) in [6.45, 7) is 0.626. The number of nitrogens with zero attached hydrogens (tertiary/aromatic N) is 1. The van der Waals surface area contributed by atoms with E-state index in [-0.39, 0.29) is 4.90 Å². The average Bonchev–Trinajstić information content (AvgIpc) is 3.01. The zero-order valence-electron chi connectivity index (χ0n) is 14.2. The lowest BCUT2D eigenvalue weighted by Crippen LogP contribution is -2.06. The quantitative estimate of drug-likeness (QED) is 0.374. The third-order valence-corrected chi connectivity index (χ3v) is 5.31. The lowest BCUT2D eigenvalue weighted by atomic mass is 10.1. The Bertz CT molecular complexity index is 1060. The van der Waals surface area contributed by atoms with Crippen LogP contribution in [0.15, 0.2) is 53.6 Å². The molecule has 0 aliphatic rings. The van der Waals surface area contributed by atoms with Gasteiger partial charge in [-0.2, -0.15) is 0 Å². The van der Waals surface area contributed by atoms with E-state index in [9.17, 15) is 18.5 Å². The van der Waals surface area contributed by atoms with Gasteiger partial charge in [0.1, 0.15) is 4.90 Å². The summed E-state index contributed by atoms with van der Waals surface area (Å²) in [5.41, 5.74) is 2.47. The molecule has 1 heterocycles. The van der Waals surface area contributed by atoms with Gasteiger partial charge < -0.3 is 10.3 Å². The number of sulfone groups is 1. The summed E-state index contributed by atoms with van der Waals surface area (Å²) in [5.74, 6) is 0. The van der Waals surface area contributed by atoms with Crippen molar-refractivity contribution < 1.29 is 13.3 Å². The minimum absolute atomic E-state index is 0.274. The van der Waals surface area contributed by atoms with E-state index in [1.807, 2.05) is 24.4 Å². The van der Waals surface area contributed by atoms with Gasteiger partial charge in [0.15, 0.2) is 9.84 Å². The number of H-pyrrole nitrogens is 1. The smallest absolute Gasteiger partial charge is 0.288 e. The fourth-order valence-electron chi connectivity index (χ4n) is 2.92. The Balaban J connectivity index is 1.66. The molecule has 2 N–H and O–H groups in total. The molecule has 0 unspecified atom stereocenters. The summed E-state index contributed by atoms with van der Waals surface area (Å²) in [7, 11) is -3.68. The molecular weight excluding hydrogens is 354 g/mol. The first-order valence-corrected chi connectivity index (χ1v) is 10.0. The van der Waals surface area contributed by atoms with Gasteiger partial charge in [-0.05, 0) is 36.6 Å². The van der Waals surface area contributed by atoms with Crippen LogP contribution < -0.4 is 5.32 Å². The number of aromatic nitrogens is 1. The maximum absolute atomic E-state index is 11.8. The van der Waals surface area contributed by atoms with Crippen molar-refractivity contribution in [1.82, 2.24) is 4.98 Å². The Labute approximate surface area is 151 Å². The first-order valence-electron chi connectivity index (χ1n) is 8.13. The summed E-state index contributed by atoms with van der Waals surface area (Å²) < 4.78 is 23.6. The van der Waals surface area contributed by atoms with Crippen molar-refractivity contribution in [1.29, 1.82) is 0 Å². The predicted molar refractivity (Wildman–Crippen MR) is 101 cm³/mol. The van der Waals surface area contributed by atoms with Crippen LogP contribution in [0.25, 0.3) is 10.9 Å². The number of para-hydroxylation sites is 1. The van der Waals surface area contributed by atoms with Crippen LogP contribution in [0, 0.1) is 10.1 Å². The van der Waals surface area contributed by atoms with Crippen LogP contribution in [0.3, 0.4) is 0 Å². The van der Waals surface area contributed by atoms with E-state index in [0.717, 1.165) is 24.6 Å². The molecule has 0 spiro atoms. The lowest BCUT2D eigenvalue weighted by molar-refractivity contribution is -0.387. The molecule has 0 aliphatic carbocycles. The number of anilines is 1. The molecular formula is C18H19N3O4S. The van der Waals surface area contributed by atoms with E-state index >= 15 is 0 Å². The van der Waals surface area contributed by atoms with Crippen molar-refractivity contribution >= 4 is 32.1 Å². The molecule has 1 aromatic heterocycles. The summed E-state index contributed by atoms with van der Waals surface area (Å²) in [4.78, 5) is 13.3. The highest BCUT2D eigenvalue weighted by molar-refractivity contribution is 7.90. The third-order valence-electron chi connectivity index (χ3n) is 4.18. The second-order valence-electron chi connectivity index (χ2n) is 6.10. The van der Waals surface area contributed by atoms with Crippen LogP contribution in [0.1, 0.15) is 12.0 Å². The summed E-state index contributed by atoms with van der Waals surface area (Å²) in [6.07, 6.45) is 4.67. The number of hydrogen-bond donors (Lipinski definition) is 2. The van der Waals surface area contributed by atoms with Crippen LogP contribution in [-0.4, -0.2) is 31.1 Å². The van der Waals surface area contributed by atoms with Gasteiger partial charge in [0, 0.05) is 41.7 Å². The molecule has 0 bridgehead atoms. The normalized spacial score (nSPS) is 11.6. The fraction of sp³-hybridized carbons (Fsp3) is 0.222. The Morgan fingerprint density at radius 2 is 1.96 bits per heavy atom. The van der Waals surface area contributed by atoms with E-state index < -0.39 is 20.4 Å². The minimum Gasteiger partial charge on any atom is -0.385 e. The van der Waals surface area contributed by atoms with Gasteiger partial charge in [-0.3, -0.25) is 10.1 Å². The first-order chi connectivity index (χ1) is 12.4. The zero-order valence-corrected chi connectivity index (χ0v) is 15.0. The summed E-state index contributed by atoms with van der Waals surface area (Å²) >= 11 is 0. The SMILES string of the molecule is CS(=O)(=O)c1cc(NCCCc2c[nH]c3ccccc23)ccc1[N+](=O)[O-]. The van der Waals surface area contributed by atoms with E-state index in [0.29, 0.717) is 12.2 Å². The van der Waals surface area contributed by atoms with Gasteiger partial charge >= 0.3 is 0 Å². The lowest BCUT2D eigenvalue weighted by Gasteiger charge is -2.08. The molecule has 0 atom stereocenters. The number of aromatic amines is 1. The zero-order chi connectivity index (χ0) is 18.7. The van der Waals surface area contributed by atoms with Crippen molar-refractivity contribution in [2.75, 3.05) is 18.1 Å². The second kappa shape index (κ2) is 7.17. The molecule has 0 amide bonds. The number of aryl methyl sites for hydroxylation is 1. The minimum atomic E-state index is -3.68. The molecule has 2 aromatic carbocycles. The first kappa shape index (κ1) is 17.9. The highest BCUT2D eigenvalue weighted by Gasteiger charge is 2.22. The Kier molecular flexibility index (Phi) is 4.94. The fourth-order valence-corrected chi connectivity index (χ4v) is 3.79. The van der Waals surface area contributed by atoms with Crippen molar-refractivity contribution in [3.05, 3.63) is 64.3 Å². The molecule has 0 saturated heterocycles. The highest BCUT2D eigenvalue weighted by atomic mass is 32.2. The molecule has 0 radical (unpaired) electrons. The van der Waals surface area contributed by atoms with Gasteiger partial charge in [0.2, 0.25) is 0 Å². The van der Waals surface area contributed by atoms with Crippen LogP contribution in [-0.2, 0) is 16.3 Å². The maximum atomic E-state index is 11.8. The second-order valence-corrected chi connectivity index (χ2v) is 8.09. The van der Waals surface area contributed by atoms with Crippen LogP contribution in [0.5, 0.6) is 0 Å². The number of hydrogen-bond acceptors (Lipinski definition) is 5. The van der Waals surface area contributed by atoms with E-state index in [1.165, 1.54) is 29.1 Å². The number of nitrogens with one attached hydrogen (secondary N) is 2. The van der Waals surface area contributed by atoms with Crippen LogP contribution in [0.2, 0.25) is 0 Å². The Morgan fingerprint density at radius 3 is 2.69 bits per heavy atom. The Hall–Kier alpha value is -2.87. The van der Waals surface area contributed by atoms with Gasteiger partial charge in [0.25, 0.3) is 5.69 Å². The molecule has 0 aliphatic heterocycles. The Morgan fingerprint density at radius 1 is 1.19 bits per heavy atom. The topological polar surface area (TPSA) is 105 Å². The highest BCUT2D eigenvalue weighted by Crippen LogP contribution is 2.27. The van der Waals surface area contributed by atoms with Gasteiger partial charge in [-0.25, -0.2) is 8.42 Å². The third kappa shape index (κ3) is 3.85. The molecule has 0 saturated carbocycles. The van der Waals surface area contributed by atoms with Crippen LogP contribution >= 0.6 is 0 Å². The van der Waals surface area contributed by atoms with Crippen molar-refractivity contribution in [2.24, 2.45) is 0 Å². The van der Waals surface area contributed by atoms with E-state index in [2.05, 4.69) is 16.4 Å². The number of nitro benzene ring substituents is 1. The molecule has 8 heteroatoms.